The summed E-state index contributed by atoms with van der Waals surface area (Å²) in [7, 11) is 0. The van der Waals surface area contributed by atoms with Crippen LogP contribution in [0.2, 0.25) is 5.02 Å². The Bertz CT molecular complexity index is 531. The fourth-order valence-corrected chi connectivity index (χ4v) is 2.25. The largest absolute Gasteiger partial charge is 0.271 e. The summed E-state index contributed by atoms with van der Waals surface area (Å²) in [6, 6.07) is 15.0. The van der Waals surface area contributed by atoms with Crippen LogP contribution in [-0.4, -0.2) is 6.04 Å². The first-order valence-electron chi connectivity index (χ1n) is 6.13. The fraction of sp³-hybridized carbons (Fsp3) is 0.200. The summed E-state index contributed by atoms with van der Waals surface area (Å²) in [5.74, 6) is 5.19. The van der Waals surface area contributed by atoms with Crippen molar-refractivity contribution in [3.63, 3.8) is 0 Å². The molecule has 0 aliphatic rings. The number of hydrogen-bond donors (Lipinski definition) is 2. The third kappa shape index (κ3) is 3.77. The summed E-state index contributed by atoms with van der Waals surface area (Å²) >= 11 is 5.77. The molecular formula is C15H16ClFN2. The quantitative estimate of drug-likeness (QED) is 0.651. The number of hydrogen-bond acceptors (Lipinski definition) is 2. The van der Waals surface area contributed by atoms with Gasteiger partial charge in [-0.2, -0.15) is 0 Å². The molecule has 0 aromatic heterocycles. The van der Waals surface area contributed by atoms with Crippen LogP contribution in [0.25, 0.3) is 0 Å². The van der Waals surface area contributed by atoms with Gasteiger partial charge in [0, 0.05) is 6.04 Å². The Morgan fingerprint density at radius 2 is 1.79 bits per heavy atom. The molecule has 0 aliphatic carbocycles. The van der Waals surface area contributed by atoms with Crippen LogP contribution in [0, 0.1) is 5.82 Å². The van der Waals surface area contributed by atoms with Gasteiger partial charge in [0.25, 0.3) is 0 Å². The minimum Gasteiger partial charge on any atom is -0.271 e. The Morgan fingerprint density at radius 1 is 1.05 bits per heavy atom. The maximum absolute atomic E-state index is 13.8. The van der Waals surface area contributed by atoms with E-state index in [1.165, 1.54) is 0 Å². The maximum Gasteiger partial charge on any atom is 0.145 e. The van der Waals surface area contributed by atoms with Crippen LogP contribution in [0.5, 0.6) is 0 Å². The number of benzene rings is 2. The van der Waals surface area contributed by atoms with Gasteiger partial charge in [-0.3, -0.25) is 11.3 Å². The number of nitrogens with one attached hydrogen (secondary N) is 1. The van der Waals surface area contributed by atoms with E-state index in [0.29, 0.717) is 12.0 Å². The van der Waals surface area contributed by atoms with Crippen molar-refractivity contribution in [3.8, 4) is 0 Å². The molecule has 100 valence electrons. The molecule has 3 N–H and O–H groups in total. The molecule has 0 heterocycles. The van der Waals surface area contributed by atoms with E-state index in [4.69, 9.17) is 17.4 Å². The molecule has 19 heavy (non-hydrogen) atoms. The highest BCUT2D eigenvalue weighted by molar-refractivity contribution is 6.30. The summed E-state index contributed by atoms with van der Waals surface area (Å²) in [5.41, 5.74) is 4.47. The van der Waals surface area contributed by atoms with Crippen LogP contribution in [0.15, 0.2) is 48.5 Å². The van der Waals surface area contributed by atoms with Crippen LogP contribution in [-0.2, 0) is 12.8 Å². The summed E-state index contributed by atoms with van der Waals surface area (Å²) in [4.78, 5) is 0. The van der Waals surface area contributed by atoms with Gasteiger partial charge >= 0.3 is 0 Å². The number of rotatable bonds is 5. The van der Waals surface area contributed by atoms with Crippen molar-refractivity contribution in [2.45, 2.75) is 18.9 Å². The predicted octanol–water partition coefficient (Wildman–Crippen LogP) is 3.10. The summed E-state index contributed by atoms with van der Waals surface area (Å²) in [6.07, 6.45) is 1.24. The van der Waals surface area contributed by atoms with Crippen molar-refractivity contribution in [1.29, 1.82) is 0 Å². The van der Waals surface area contributed by atoms with Gasteiger partial charge in [-0.25, -0.2) is 4.39 Å². The van der Waals surface area contributed by atoms with E-state index < -0.39 is 0 Å². The third-order valence-corrected chi connectivity index (χ3v) is 3.35. The predicted molar refractivity (Wildman–Crippen MR) is 76.4 cm³/mol. The number of hydrazine groups is 1. The second kappa shape index (κ2) is 6.66. The lowest BCUT2D eigenvalue weighted by atomic mass is 9.99. The Kier molecular flexibility index (Phi) is 4.91. The molecular weight excluding hydrogens is 263 g/mol. The van der Waals surface area contributed by atoms with Crippen molar-refractivity contribution in [1.82, 2.24) is 5.43 Å². The molecule has 1 atom stereocenters. The topological polar surface area (TPSA) is 38.0 Å². The smallest absolute Gasteiger partial charge is 0.145 e. The molecule has 2 nitrogen and oxygen atoms in total. The van der Waals surface area contributed by atoms with Gasteiger partial charge in [0.1, 0.15) is 5.82 Å². The molecule has 0 aliphatic heterocycles. The highest BCUT2D eigenvalue weighted by atomic mass is 35.5. The maximum atomic E-state index is 13.8. The molecule has 0 saturated carbocycles. The van der Waals surface area contributed by atoms with Gasteiger partial charge in [-0.05, 0) is 30.0 Å². The number of nitrogens with two attached hydrogens (primary N) is 1. The lowest BCUT2D eigenvalue weighted by molar-refractivity contribution is 0.506. The van der Waals surface area contributed by atoms with Gasteiger partial charge in [0.15, 0.2) is 0 Å². The SMILES string of the molecule is NNC(Cc1ccccc1)Cc1cccc(Cl)c1F. The molecule has 1 unspecified atom stereocenters. The third-order valence-electron chi connectivity index (χ3n) is 3.06. The molecule has 0 saturated heterocycles. The van der Waals surface area contributed by atoms with Crippen LogP contribution < -0.4 is 11.3 Å². The van der Waals surface area contributed by atoms with Gasteiger partial charge in [0.05, 0.1) is 5.02 Å². The van der Waals surface area contributed by atoms with E-state index in [2.05, 4.69) is 5.43 Å². The summed E-state index contributed by atoms with van der Waals surface area (Å²) in [6.45, 7) is 0. The van der Waals surface area contributed by atoms with Crippen molar-refractivity contribution in [2.24, 2.45) is 5.84 Å². The minimum absolute atomic E-state index is 0.0321. The molecule has 0 bridgehead atoms. The molecule has 0 amide bonds. The Hall–Kier alpha value is -1.42. The minimum atomic E-state index is -0.363. The van der Waals surface area contributed by atoms with Gasteiger partial charge in [-0.1, -0.05) is 54.1 Å². The van der Waals surface area contributed by atoms with Gasteiger partial charge in [-0.15, -0.1) is 0 Å². The zero-order valence-electron chi connectivity index (χ0n) is 10.4. The van der Waals surface area contributed by atoms with E-state index in [9.17, 15) is 4.39 Å². The standard InChI is InChI=1S/C15H16ClFN2/c16-14-8-4-7-12(15(14)17)10-13(19-18)9-11-5-2-1-3-6-11/h1-8,13,19H,9-10,18H2. The first-order valence-corrected chi connectivity index (χ1v) is 6.51. The Morgan fingerprint density at radius 3 is 2.47 bits per heavy atom. The van der Waals surface area contributed by atoms with E-state index in [-0.39, 0.29) is 16.9 Å². The molecule has 0 fully saturated rings. The van der Waals surface area contributed by atoms with Crippen molar-refractivity contribution in [3.05, 3.63) is 70.5 Å². The molecule has 2 aromatic rings. The van der Waals surface area contributed by atoms with E-state index in [1.807, 2.05) is 30.3 Å². The first-order chi connectivity index (χ1) is 9.20. The second-order valence-electron chi connectivity index (χ2n) is 4.47. The number of halogens is 2. The Balaban J connectivity index is 2.09. The Labute approximate surface area is 117 Å². The summed E-state index contributed by atoms with van der Waals surface area (Å²) in [5, 5.41) is 0.146. The normalized spacial score (nSPS) is 12.4. The van der Waals surface area contributed by atoms with E-state index in [0.717, 1.165) is 12.0 Å². The van der Waals surface area contributed by atoms with Gasteiger partial charge < -0.3 is 0 Å². The van der Waals surface area contributed by atoms with Crippen LogP contribution in [0.3, 0.4) is 0 Å². The van der Waals surface area contributed by atoms with Crippen LogP contribution >= 0.6 is 11.6 Å². The summed E-state index contributed by atoms with van der Waals surface area (Å²) < 4.78 is 13.8. The molecule has 0 radical (unpaired) electrons. The zero-order valence-corrected chi connectivity index (χ0v) is 11.2. The van der Waals surface area contributed by atoms with Gasteiger partial charge in [0.2, 0.25) is 0 Å². The van der Waals surface area contributed by atoms with Crippen molar-refractivity contribution >= 4 is 11.6 Å². The average molecular weight is 279 g/mol. The van der Waals surface area contributed by atoms with Crippen molar-refractivity contribution in [2.75, 3.05) is 0 Å². The molecule has 2 rings (SSSR count). The van der Waals surface area contributed by atoms with Crippen LogP contribution in [0.4, 0.5) is 4.39 Å². The molecule has 0 spiro atoms. The fourth-order valence-electron chi connectivity index (χ4n) is 2.06. The van der Waals surface area contributed by atoms with E-state index in [1.54, 1.807) is 18.2 Å². The average Bonchev–Trinajstić information content (AvgIpc) is 2.44. The molecule has 2 aromatic carbocycles. The first kappa shape index (κ1) is 14.0. The highest BCUT2D eigenvalue weighted by Gasteiger charge is 2.13. The zero-order chi connectivity index (χ0) is 13.7. The monoisotopic (exact) mass is 278 g/mol. The van der Waals surface area contributed by atoms with Crippen molar-refractivity contribution < 1.29 is 4.39 Å². The highest BCUT2D eigenvalue weighted by Crippen LogP contribution is 2.19. The lowest BCUT2D eigenvalue weighted by Gasteiger charge is -2.16. The van der Waals surface area contributed by atoms with Crippen LogP contribution in [0.1, 0.15) is 11.1 Å². The lowest BCUT2D eigenvalue weighted by Crippen LogP contribution is -2.38. The van der Waals surface area contributed by atoms with E-state index >= 15 is 0 Å². The molecule has 4 heteroatoms. The second-order valence-corrected chi connectivity index (χ2v) is 4.88.